The highest BCUT2D eigenvalue weighted by Gasteiger charge is 2.47. The monoisotopic (exact) mass is 784 g/mol. The van der Waals surface area contributed by atoms with Gasteiger partial charge in [0.25, 0.3) is 5.91 Å². The number of aliphatic carboxylic acids is 1. The third kappa shape index (κ3) is 11.6. The number of hydrogen-bond donors (Lipinski definition) is 4. The number of alkyl halides is 6. The molecule has 2 amide bonds. The minimum absolute atomic E-state index is 0. The molecule has 0 aromatic heterocycles. The lowest BCUT2D eigenvalue weighted by Crippen LogP contribution is -2.49. The first-order chi connectivity index (χ1) is 25.6. The maximum Gasteiger partial charge on any atom is 0.422 e. The van der Waals surface area contributed by atoms with Gasteiger partial charge in [-0.2, -0.15) is 26.3 Å². The molecule has 2 aromatic carbocycles. The van der Waals surface area contributed by atoms with E-state index in [-0.39, 0.29) is 43.9 Å². The van der Waals surface area contributed by atoms with Gasteiger partial charge in [0, 0.05) is 8.77 Å². The molecule has 1 spiro atoms. The van der Waals surface area contributed by atoms with Crippen LogP contribution < -0.4 is 20.1 Å². The molecule has 15 heteroatoms. The molecule has 1 heterocycles. The van der Waals surface area contributed by atoms with Crippen molar-refractivity contribution in [2.24, 2.45) is 0 Å². The Labute approximate surface area is 318 Å². The number of carboxylic acid groups (broad SMARTS) is 1. The Morgan fingerprint density at radius 3 is 1.71 bits per heavy atom. The summed E-state index contributed by atoms with van der Waals surface area (Å²) in [6.07, 6.45) is -0.636. The van der Waals surface area contributed by atoms with Crippen molar-refractivity contribution in [2.75, 3.05) is 13.2 Å². The predicted molar refractivity (Wildman–Crippen MR) is 196 cm³/mol. The molecule has 0 radical (unpaired) electrons. The van der Waals surface area contributed by atoms with Gasteiger partial charge in [-0.25, -0.2) is 4.79 Å². The van der Waals surface area contributed by atoms with Crippen LogP contribution in [0, 0.1) is 39.5 Å². The number of benzene rings is 2. The summed E-state index contributed by atoms with van der Waals surface area (Å²) in [4.78, 5) is 36.1. The zero-order chi connectivity index (χ0) is 40.8. The second-order valence-electron chi connectivity index (χ2n) is 14.5. The summed E-state index contributed by atoms with van der Waals surface area (Å²) in [6.45, 7) is 4.05. The largest absolute Gasteiger partial charge is 0.509 e. The first-order valence-corrected chi connectivity index (χ1v) is 18.1. The zero-order valence-electron chi connectivity index (χ0n) is 31.2. The van der Waals surface area contributed by atoms with Crippen molar-refractivity contribution in [3.63, 3.8) is 0 Å². The van der Waals surface area contributed by atoms with E-state index in [1.807, 2.05) is 0 Å². The Kier molecular flexibility index (Phi) is 13.5. The van der Waals surface area contributed by atoms with Gasteiger partial charge in [-0.3, -0.25) is 9.59 Å². The minimum Gasteiger partial charge on any atom is -0.509 e. The van der Waals surface area contributed by atoms with Gasteiger partial charge in [-0.1, -0.05) is 44.4 Å². The van der Waals surface area contributed by atoms with E-state index < -0.39 is 42.6 Å². The van der Waals surface area contributed by atoms with E-state index in [0.717, 1.165) is 38.5 Å². The van der Waals surface area contributed by atoms with Crippen molar-refractivity contribution in [1.82, 2.24) is 10.6 Å². The molecule has 4 N–H and O–H groups in total. The summed E-state index contributed by atoms with van der Waals surface area (Å²) in [5.74, 6) is 3.19. The van der Waals surface area contributed by atoms with Crippen molar-refractivity contribution in [1.29, 1.82) is 0 Å². The molecular weight excluding hydrogens is 734 g/mol. The molecular formula is C40H50F6N2O7. The van der Waals surface area contributed by atoms with Crippen LogP contribution in [0.15, 0.2) is 30.0 Å². The summed E-state index contributed by atoms with van der Waals surface area (Å²) in [5, 5.41) is 25.5. The van der Waals surface area contributed by atoms with Crippen LogP contribution in [-0.2, 0) is 20.8 Å². The van der Waals surface area contributed by atoms with Crippen molar-refractivity contribution in [3.8, 4) is 23.3 Å². The van der Waals surface area contributed by atoms with Crippen molar-refractivity contribution >= 4 is 23.4 Å². The third-order valence-corrected chi connectivity index (χ3v) is 10.0. The molecule has 2 saturated carbocycles. The van der Waals surface area contributed by atoms with Crippen molar-refractivity contribution in [2.45, 2.75) is 122 Å². The van der Waals surface area contributed by atoms with E-state index in [4.69, 9.17) is 14.6 Å². The van der Waals surface area contributed by atoms with Gasteiger partial charge in [0.15, 0.2) is 13.2 Å². The van der Waals surface area contributed by atoms with Gasteiger partial charge in [0.2, 0.25) is 5.91 Å². The molecule has 0 bridgehead atoms. The summed E-state index contributed by atoms with van der Waals surface area (Å²) in [6, 6.07) is 5.88. The van der Waals surface area contributed by atoms with Crippen LogP contribution in [0.3, 0.4) is 0 Å². The molecule has 55 heavy (non-hydrogen) atoms. The first-order valence-electron chi connectivity index (χ1n) is 18.1. The van der Waals surface area contributed by atoms with Crippen LogP contribution in [0.5, 0.6) is 11.5 Å². The summed E-state index contributed by atoms with van der Waals surface area (Å²) in [5.41, 5.74) is 2.39. The van der Waals surface area contributed by atoms with Crippen LogP contribution >= 0.6 is 0 Å². The maximum absolute atomic E-state index is 12.7. The Morgan fingerprint density at radius 2 is 1.25 bits per heavy atom. The van der Waals surface area contributed by atoms with Gasteiger partial charge >= 0.3 is 18.3 Å². The molecule has 1 aliphatic heterocycles. The molecule has 0 saturated heterocycles. The number of carboxylic acids is 1. The normalized spacial score (nSPS) is 17.7. The fraction of sp³-hybridized carbons (Fsp3) is 0.525. The number of aliphatic hydroxyl groups excluding tert-OH is 1. The number of ether oxygens (including phenoxy) is 2. The van der Waals surface area contributed by atoms with Crippen LogP contribution in [0.25, 0.3) is 5.57 Å². The second-order valence-corrected chi connectivity index (χ2v) is 14.5. The number of amides is 2. The highest BCUT2D eigenvalue weighted by Crippen LogP contribution is 2.43. The highest BCUT2D eigenvalue weighted by atomic mass is 19.4. The second kappa shape index (κ2) is 17.3. The van der Waals surface area contributed by atoms with Gasteiger partial charge in [-0.05, 0) is 111 Å². The fourth-order valence-electron chi connectivity index (χ4n) is 7.56. The third-order valence-electron chi connectivity index (χ3n) is 10.0. The first kappa shape index (κ1) is 42.9. The standard InChI is InChI=1S/C21H24F3NO4.C19H22F3NO3.2H2/c1-14-10-16(29-13-21(22,23)24)11-15(2)17(14)12-18(26)25-20(9-6-19(27)28)7-4-3-5-8-20;1-11-8-13(26-10-19(20,21)22)9-12(2)14(11)15-16(24)18(23-17(15)25)6-4-3-5-7-18;;/h10-11H,3-5,7-8,12-13H2,1-2H3,(H,25,26)(H,27,28);8-9,24H,3-7,10H2,1-2H3,(H,23,25);2*1H. The highest BCUT2D eigenvalue weighted by molar-refractivity contribution is 6.24. The summed E-state index contributed by atoms with van der Waals surface area (Å²) >= 11 is 0. The molecule has 0 atom stereocenters. The number of carbonyl (C=O) groups is 3. The Balaban J connectivity index is 0.000000382. The van der Waals surface area contributed by atoms with Crippen LogP contribution in [-0.4, -0.2) is 64.6 Å². The number of halogens is 6. The molecule has 2 aliphatic carbocycles. The number of nitrogens with one attached hydrogen (secondary N) is 2. The molecule has 5 rings (SSSR count). The molecule has 0 unspecified atom stereocenters. The number of aryl methyl sites for hydroxylation is 4. The Bertz CT molecular complexity index is 1830. The number of carbonyl (C=O) groups excluding carboxylic acids is 2. The van der Waals surface area contributed by atoms with Gasteiger partial charge < -0.3 is 30.3 Å². The molecule has 2 aromatic rings. The lowest BCUT2D eigenvalue weighted by molar-refractivity contribution is -0.154. The zero-order valence-corrected chi connectivity index (χ0v) is 31.2. The van der Waals surface area contributed by atoms with E-state index in [9.17, 15) is 45.8 Å². The van der Waals surface area contributed by atoms with Crippen LogP contribution in [0.1, 0.15) is 100 Å². The average Bonchev–Trinajstić information content (AvgIpc) is 3.31. The van der Waals surface area contributed by atoms with E-state index in [2.05, 4.69) is 22.5 Å². The number of rotatable bonds is 8. The molecule has 2 fully saturated rings. The van der Waals surface area contributed by atoms with Crippen molar-refractivity contribution in [3.05, 3.63) is 63.4 Å². The number of aliphatic hydroxyl groups is 1. The SMILES string of the molecule is Cc1cc(OCC(F)(F)F)cc(C)c1C1=C(O)C2(CCCCC2)NC1=O.Cc1cc(OCC(F)(F)F)cc(C)c1CC(=O)NC1(C#CC(=O)O)CCCCC1.[HH].[HH]. The molecule has 304 valence electrons. The van der Waals surface area contributed by atoms with E-state index in [1.54, 1.807) is 27.7 Å². The van der Waals surface area contributed by atoms with Crippen LogP contribution in [0.4, 0.5) is 26.3 Å². The average molecular weight is 785 g/mol. The minimum atomic E-state index is -4.42. The van der Waals surface area contributed by atoms with Gasteiger partial charge in [-0.15, -0.1) is 0 Å². The van der Waals surface area contributed by atoms with E-state index in [0.29, 0.717) is 59.1 Å². The van der Waals surface area contributed by atoms with E-state index >= 15 is 0 Å². The van der Waals surface area contributed by atoms with Gasteiger partial charge in [0.1, 0.15) is 22.8 Å². The van der Waals surface area contributed by atoms with Gasteiger partial charge in [0.05, 0.1) is 17.5 Å². The molecule has 9 nitrogen and oxygen atoms in total. The Hall–Kier alpha value is -4.87. The van der Waals surface area contributed by atoms with E-state index in [1.165, 1.54) is 24.3 Å². The topological polar surface area (TPSA) is 134 Å². The predicted octanol–water partition coefficient (Wildman–Crippen LogP) is 8.53. The molecule has 3 aliphatic rings. The lowest BCUT2D eigenvalue weighted by Gasteiger charge is -2.33. The van der Waals surface area contributed by atoms with Crippen molar-refractivity contribution < 1.29 is 63.3 Å². The summed E-state index contributed by atoms with van der Waals surface area (Å²) in [7, 11) is 0. The maximum atomic E-state index is 12.7. The fourth-order valence-corrected chi connectivity index (χ4v) is 7.56. The lowest BCUT2D eigenvalue weighted by atomic mass is 9.80. The number of hydrogen-bond acceptors (Lipinski definition) is 6. The van der Waals surface area contributed by atoms with Crippen LogP contribution in [0.2, 0.25) is 0 Å². The summed E-state index contributed by atoms with van der Waals surface area (Å²) < 4.78 is 83.7. The Morgan fingerprint density at radius 1 is 0.800 bits per heavy atom. The quantitative estimate of drug-likeness (QED) is 0.156. The smallest absolute Gasteiger partial charge is 0.422 e.